The molecule has 0 saturated heterocycles. The van der Waals surface area contributed by atoms with Gasteiger partial charge in [0.1, 0.15) is 5.71 Å². The average molecular weight is 262 g/mol. The average Bonchev–Trinajstić information content (AvgIpc) is 2.21. The number of methoxy groups -OCH3 is 1. The Kier molecular flexibility index (Phi) is 7.25. The summed E-state index contributed by atoms with van der Waals surface area (Å²) in [6.07, 6.45) is 1.12. The van der Waals surface area contributed by atoms with E-state index < -0.39 is 0 Å². The van der Waals surface area contributed by atoms with Crippen LogP contribution in [0.15, 0.2) is 10.2 Å². The van der Waals surface area contributed by atoms with Crippen LogP contribution in [0.2, 0.25) is 0 Å². The van der Waals surface area contributed by atoms with Crippen LogP contribution in [0, 0.1) is 0 Å². The molecule has 6 N–H and O–H groups in total. The van der Waals surface area contributed by atoms with Crippen LogP contribution in [0.1, 0.15) is 6.92 Å². The second-order valence-corrected chi connectivity index (χ2v) is 3.50. The summed E-state index contributed by atoms with van der Waals surface area (Å²) in [5.74, 6) is 0. The molecule has 0 aliphatic heterocycles. The SMILES string of the molecule is COC(C)C(/C=N/NC(N)=S)=N/NC(N)=S. The highest BCUT2D eigenvalue weighted by Gasteiger charge is 2.07. The number of thiocarbonyl (C=S) groups is 2. The molecule has 16 heavy (non-hydrogen) atoms. The molecule has 0 spiro atoms. The molecule has 1 unspecified atom stereocenters. The van der Waals surface area contributed by atoms with Gasteiger partial charge in [-0.05, 0) is 31.4 Å². The van der Waals surface area contributed by atoms with Crippen LogP contribution in [0.5, 0.6) is 0 Å². The first-order chi connectivity index (χ1) is 7.47. The standard InChI is InChI=1S/C7H14N6OS2/c1-4(14-2)5(11-13-7(9)16)3-10-12-6(8)15/h3-4H,1-2H3,(H3,8,12,15)(H3,9,13,16)/b10-3+,11-5+. The molecule has 7 nitrogen and oxygen atoms in total. The van der Waals surface area contributed by atoms with E-state index in [1.54, 1.807) is 6.92 Å². The summed E-state index contributed by atoms with van der Waals surface area (Å²) >= 11 is 9.18. The second-order valence-electron chi connectivity index (χ2n) is 2.62. The van der Waals surface area contributed by atoms with Gasteiger partial charge in [-0.1, -0.05) is 0 Å². The van der Waals surface area contributed by atoms with Gasteiger partial charge < -0.3 is 16.2 Å². The molecule has 90 valence electrons. The fourth-order valence-electron chi connectivity index (χ4n) is 0.627. The van der Waals surface area contributed by atoms with Gasteiger partial charge in [0, 0.05) is 7.11 Å². The van der Waals surface area contributed by atoms with Gasteiger partial charge in [0.15, 0.2) is 10.2 Å². The van der Waals surface area contributed by atoms with Crippen LogP contribution < -0.4 is 22.3 Å². The van der Waals surface area contributed by atoms with E-state index in [1.165, 1.54) is 13.3 Å². The Bertz CT molecular complexity index is 316. The fourth-order valence-corrected chi connectivity index (χ4v) is 0.726. The van der Waals surface area contributed by atoms with Crippen molar-refractivity contribution >= 4 is 46.6 Å². The van der Waals surface area contributed by atoms with E-state index in [-0.39, 0.29) is 16.3 Å². The Morgan fingerprint density at radius 1 is 1.31 bits per heavy atom. The summed E-state index contributed by atoms with van der Waals surface area (Å²) in [4.78, 5) is 0. The first-order valence-corrected chi connectivity index (χ1v) is 5.03. The molecule has 0 aliphatic carbocycles. The monoisotopic (exact) mass is 262 g/mol. The molecule has 0 amide bonds. The summed E-state index contributed by atoms with van der Waals surface area (Å²) in [6.45, 7) is 1.78. The van der Waals surface area contributed by atoms with Crippen molar-refractivity contribution in [1.29, 1.82) is 0 Å². The van der Waals surface area contributed by atoms with Crippen molar-refractivity contribution in [3.8, 4) is 0 Å². The zero-order chi connectivity index (χ0) is 12.6. The molecular weight excluding hydrogens is 248 g/mol. The lowest BCUT2D eigenvalue weighted by Crippen LogP contribution is -2.31. The van der Waals surface area contributed by atoms with Crippen molar-refractivity contribution in [1.82, 2.24) is 10.9 Å². The zero-order valence-corrected chi connectivity index (χ0v) is 10.6. The van der Waals surface area contributed by atoms with Gasteiger partial charge in [0.2, 0.25) is 0 Å². The highest BCUT2D eigenvalue weighted by atomic mass is 32.1. The van der Waals surface area contributed by atoms with Crippen molar-refractivity contribution in [2.24, 2.45) is 21.7 Å². The van der Waals surface area contributed by atoms with E-state index in [1.807, 2.05) is 0 Å². The molecule has 0 aromatic carbocycles. The van der Waals surface area contributed by atoms with Crippen molar-refractivity contribution in [2.75, 3.05) is 7.11 Å². The maximum absolute atomic E-state index is 5.23. The molecule has 0 radical (unpaired) electrons. The Balaban J connectivity index is 4.54. The summed E-state index contributed by atoms with van der Waals surface area (Å²) in [6, 6.07) is 0. The van der Waals surface area contributed by atoms with Gasteiger partial charge in [-0.15, -0.1) is 0 Å². The van der Waals surface area contributed by atoms with Gasteiger partial charge in [-0.2, -0.15) is 10.2 Å². The quantitative estimate of drug-likeness (QED) is 0.287. The highest BCUT2D eigenvalue weighted by molar-refractivity contribution is 7.80. The van der Waals surface area contributed by atoms with Crippen molar-refractivity contribution in [3.05, 3.63) is 0 Å². The number of ether oxygens (including phenoxy) is 1. The number of hydrogen-bond acceptors (Lipinski definition) is 5. The number of nitrogens with two attached hydrogens (primary N) is 2. The summed E-state index contributed by atoms with van der Waals surface area (Å²) in [5, 5.41) is 7.75. The lowest BCUT2D eigenvalue weighted by Gasteiger charge is -2.09. The summed E-state index contributed by atoms with van der Waals surface area (Å²) < 4.78 is 5.06. The number of nitrogens with one attached hydrogen (secondary N) is 2. The Morgan fingerprint density at radius 3 is 2.31 bits per heavy atom. The first kappa shape index (κ1) is 14.7. The Hall–Kier alpha value is -1.32. The minimum absolute atomic E-state index is 0.0523. The predicted molar refractivity (Wildman–Crippen MR) is 72.2 cm³/mol. The fraction of sp³-hybridized carbons (Fsp3) is 0.429. The molecule has 0 aliphatic rings. The molecule has 0 aromatic heterocycles. The Labute approximate surface area is 104 Å². The van der Waals surface area contributed by atoms with E-state index >= 15 is 0 Å². The van der Waals surface area contributed by atoms with Crippen LogP contribution in [0.4, 0.5) is 0 Å². The van der Waals surface area contributed by atoms with Crippen molar-refractivity contribution in [3.63, 3.8) is 0 Å². The van der Waals surface area contributed by atoms with E-state index in [0.29, 0.717) is 5.71 Å². The predicted octanol–water partition coefficient (Wildman–Crippen LogP) is -0.970. The van der Waals surface area contributed by atoms with Crippen LogP contribution >= 0.6 is 24.4 Å². The summed E-state index contributed by atoms with van der Waals surface area (Å²) in [7, 11) is 1.54. The molecule has 0 fully saturated rings. The van der Waals surface area contributed by atoms with E-state index in [9.17, 15) is 0 Å². The largest absolute Gasteiger partial charge is 0.375 e. The number of hydrazone groups is 2. The molecule has 0 heterocycles. The second kappa shape index (κ2) is 7.91. The maximum Gasteiger partial charge on any atom is 0.184 e. The van der Waals surface area contributed by atoms with Gasteiger partial charge in [-0.3, -0.25) is 10.9 Å². The molecule has 0 bridgehead atoms. The molecule has 9 heteroatoms. The van der Waals surface area contributed by atoms with Gasteiger partial charge in [-0.25, -0.2) is 0 Å². The van der Waals surface area contributed by atoms with Gasteiger partial charge >= 0.3 is 0 Å². The van der Waals surface area contributed by atoms with E-state index in [0.717, 1.165) is 0 Å². The molecular formula is C7H14N6OS2. The third-order valence-corrected chi connectivity index (χ3v) is 1.62. The van der Waals surface area contributed by atoms with Crippen LogP contribution in [-0.2, 0) is 4.74 Å². The highest BCUT2D eigenvalue weighted by Crippen LogP contribution is 1.90. The lowest BCUT2D eigenvalue weighted by molar-refractivity contribution is 0.172. The van der Waals surface area contributed by atoms with Crippen molar-refractivity contribution in [2.45, 2.75) is 13.0 Å². The number of hydrogen-bond donors (Lipinski definition) is 4. The maximum atomic E-state index is 5.23. The van der Waals surface area contributed by atoms with E-state index in [4.69, 9.17) is 16.2 Å². The van der Waals surface area contributed by atoms with Gasteiger partial charge in [0.05, 0.1) is 12.3 Å². The smallest absolute Gasteiger partial charge is 0.184 e. The first-order valence-electron chi connectivity index (χ1n) is 4.21. The van der Waals surface area contributed by atoms with Crippen LogP contribution in [0.25, 0.3) is 0 Å². The third-order valence-electron chi connectivity index (χ3n) is 1.44. The third kappa shape index (κ3) is 7.04. The molecule has 0 aromatic rings. The van der Waals surface area contributed by atoms with Gasteiger partial charge in [0.25, 0.3) is 0 Å². The normalized spacial score (nSPS) is 13.5. The number of nitrogens with zero attached hydrogens (tertiary/aromatic N) is 2. The molecule has 0 rings (SSSR count). The minimum atomic E-state index is -0.279. The van der Waals surface area contributed by atoms with Crippen LogP contribution in [-0.4, -0.2) is 35.4 Å². The summed E-state index contributed by atoms with van der Waals surface area (Å²) in [5.41, 5.74) is 15.7. The number of rotatable bonds is 5. The van der Waals surface area contributed by atoms with Crippen LogP contribution in [0.3, 0.4) is 0 Å². The zero-order valence-electron chi connectivity index (χ0n) is 8.93. The molecule has 0 saturated carbocycles. The van der Waals surface area contributed by atoms with Crippen molar-refractivity contribution < 1.29 is 4.74 Å². The lowest BCUT2D eigenvalue weighted by atomic mass is 10.2. The topological polar surface area (TPSA) is 110 Å². The molecule has 1 atom stereocenters. The van der Waals surface area contributed by atoms with E-state index in [2.05, 4.69) is 45.5 Å². The Morgan fingerprint density at radius 2 is 1.88 bits per heavy atom. The minimum Gasteiger partial charge on any atom is -0.375 e.